The van der Waals surface area contributed by atoms with Crippen molar-refractivity contribution in [1.82, 2.24) is 0 Å². The summed E-state index contributed by atoms with van der Waals surface area (Å²) in [7, 11) is -3.27. The van der Waals surface area contributed by atoms with Gasteiger partial charge in [-0.3, -0.25) is 4.72 Å². The van der Waals surface area contributed by atoms with Crippen LogP contribution in [-0.4, -0.2) is 14.7 Å². The SMILES string of the molecule is Cc1cccc2c1CCc1ccccc1C2=Cc1ccc(NS(C)(=O)=O)cc1. The second kappa shape index (κ2) is 7.28. The highest BCUT2D eigenvalue weighted by Gasteiger charge is 2.18. The van der Waals surface area contributed by atoms with Crippen LogP contribution in [0.15, 0.2) is 66.7 Å². The van der Waals surface area contributed by atoms with Crippen LogP contribution in [0.2, 0.25) is 0 Å². The Morgan fingerprint density at radius 3 is 2.32 bits per heavy atom. The number of sulfonamides is 1. The molecule has 0 heterocycles. The van der Waals surface area contributed by atoms with E-state index in [-0.39, 0.29) is 0 Å². The van der Waals surface area contributed by atoms with Crippen LogP contribution in [-0.2, 0) is 22.9 Å². The first-order valence-corrected chi connectivity index (χ1v) is 11.3. The highest BCUT2D eigenvalue weighted by molar-refractivity contribution is 7.92. The molecular weight excluding hydrogens is 366 g/mol. The highest BCUT2D eigenvalue weighted by atomic mass is 32.2. The maximum Gasteiger partial charge on any atom is 0.229 e. The van der Waals surface area contributed by atoms with Crippen molar-refractivity contribution in [1.29, 1.82) is 0 Å². The summed E-state index contributed by atoms with van der Waals surface area (Å²) in [5, 5.41) is 0. The molecule has 0 amide bonds. The van der Waals surface area contributed by atoms with Crippen LogP contribution in [0.1, 0.15) is 33.4 Å². The molecule has 142 valence electrons. The molecule has 0 spiro atoms. The minimum absolute atomic E-state index is 0.571. The van der Waals surface area contributed by atoms with Crippen LogP contribution in [0, 0.1) is 6.92 Å². The Hall–Kier alpha value is -2.85. The maximum atomic E-state index is 11.4. The molecule has 1 aliphatic carbocycles. The van der Waals surface area contributed by atoms with Gasteiger partial charge in [-0.15, -0.1) is 0 Å². The van der Waals surface area contributed by atoms with E-state index in [9.17, 15) is 8.42 Å². The van der Waals surface area contributed by atoms with E-state index in [0.29, 0.717) is 5.69 Å². The summed E-state index contributed by atoms with van der Waals surface area (Å²) in [5.74, 6) is 0. The topological polar surface area (TPSA) is 46.2 Å². The molecule has 28 heavy (non-hydrogen) atoms. The molecule has 0 radical (unpaired) electrons. The third-order valence-corrected chi connectivity index (χ3v) is 5.78. The van der Waals surface area contributed by atoms with Gasteiger partial charge in [0.25, 0.3) is 0 Å². The van der Waals surface area contributed by atoms with E-state index < -0.39 is 10.0 Å². The van der Waals surface area contributed by atoms with Crippen molar-refractivity contribution in [2.24, 2.45) is 0 Å². The number of benzene rings is 3. The first-order chi connectivity index (χ1) is 13.4. The summed E-state index contributed by atoms with van der Waals surface area (Å²) in [6, 6.07) is 22.6. The van der Waals surface area contributed by atoms with Crippen molar-refractivity contribution in [3.05, 3.63) is 100 Å². The van der Waals surface area contributed by atoms with Gasteiger partial charge in [0.15, 0.2) is 0 Å². The molecule has 0 atom stereocenters. The lowest BCUT2D eigenvalue weighted by molar-refractivity contribution is 0.607. The molecule has 0 saturated carbocycles. The standard InChI is InChI=1S/C24H23NO2S/c1-17-6-5-9-23-21(17)15-12-19-7-3-4-8-22(19)24(23)16-18-10-13-20(14-11-18)25-28(2,26)27/h3-11,13-14,16,25H,12,15H2,1-2H3. The van der Waals surface area contributed by atoms with Crippen molar-refractivity contribution in [3.8, 4) is 0 Å². The van der Waals surface area contributed by atoms with Gasteiger partial charge in [-0.25, -0.2) is 8.42 Å². The molecule has 0 aromatic heterocycles. The van der Waals surface area contributed by atoms with E-state index in [1.165, 1.54) is 33.4 Å². The molecule has 3 aromatic carbocycles. The normalized spacial score (nSPS) is 14.9. The fraction of sp³-hybridized carbons (Fsp3) is 0.167. The van der Waals surface area contributed by atoms with Crippen molar-refractivity contribution < 1.29 is 8.42 Å². The van der Waals surface area contributed by atoms with Crippen LogP contribution in [0.3, 0.4) is 0 Å². The first-order valence-electron chi connectivity index (χ1n) is 9.37. The van der Waals surface area contributed by atoms with Gasteiger partial charge in [0.05, 0.1) is 6.26 Å². The molecule has 4 rings (SSSR count). The summed E-state index contributed by atoms with van der Waals surface area (Å²) in [6.45, 7) is 2.18. The Labute approximate surface area is 166 Å². The molecule has 4 heteroatoms. The number of fused-ring (bicyclic) bond motifs is 2. The fourth-order valence-corrected chi connectivity index (χ4v) is 4.44. The molecule has 0 saturated heterocycles. The fourth-order valence-electron chi connectivity index (χ4n) is 3.88. The highest BCUT2D eigenvalue weighted by Crippen LogP contribution is 2.36. The predicted octanol–water partition coefficient (Wildman–Crippen LogP) is 5.05. The second-order valence-corrected chi connectivity index (χ2v) is 9.06. The van der Waals surface area contributed by atoms with Crippen molar-refractivity contribution in [2.75, 3.05) is 11.0 Å². The Morgan fingerprint density at radius 1 is 0.857 bits per heavy atom. The van der Waals surface area contributed by atoms with Gasteiger partial charge in [-0.2, -0.15) is 0 Å². The summed E-state index contributed by atoms with van der Waals surface area (Å²) >= 11 is 0. The monoisotopic (exact) mass is 389 g/mol. The minimum atomic E-state index is -3.27. The zero-order chi connectivity index (χ0) is 19.7. The van der Waals surface area contributed by atoms with Gasteiger partial charge in [0, 0.05) is 5.69 Å². The summed E-state index contributed by atoms with van der Waals surface area (Å²) < 4.78 is 25.4. The molecule has 3 nitrogen and oxygen atoms in total. The van der Waals surface area contributed by atoms with Gasteiger partial charge >= 0.3 is 0 Å². The lowest BCUT2D eigenvalue weighted by atomic mass is 9.91. The number of hydrogen-bond donors (Lipinski definition) is 1. The number of rotatable bonds is 3. The maximum absolute atomic E-state index is 11.4. The van der Waals surface area contributed by atoms with Crippen LogP contribution in [0.4, 0.5) is 5.69 Å². The van der Waals surface area contributed by atoms with Crippen molar-refractivity contribution in [2.45, 2.75) is 19.8 Å². The van der Waals surface area contributed by atoms with Crippen LogP contribution in [0.25, 0.3) is 11.6 Å². The number of anilines is 1. The first kappa shape index (κ1) is 18.5. The van der Waals surface area contributed by atoms with Crippen molar-refractivity contribution >= 4 is 27.4 Å². The molecule has 1 N–H and O–H groups in total. The van der Waals surface area contributed by atoms with E-state index in [0.717, 1.165) is 24.7 Å². The van der Waals surface area contributed by atoms with E-state index in [1.807, 2.05) is 12.1 Å². The smallest absolute Gasteiger partial charge is 0.229 e. The summed E-state index contributed by atoms with van der Waals surface area (Å²) in [6.07, 6.45) is 5.42. The molecule has 0 bridgehead atoms. The van der Waals surface area contributed by atoms with E-state index in [4.69, 9.17) is 0 Å². The van der Waals surface area contributed by atoms with Gasteiger partial charge in [-0.1, -0.05) is 54.6 Å². The molecule has 0 aliphatic heterocycles. The average molecular weight is 390 g/mol. The second-order valence-electron chi connectivity index (χ2n) is 7.31. The number of nitrogens with one attached hydrogen (secondary N) is 1. The summed E-state index contributed by atoms with van der Waals surface area (Å²) in [5.41, 5.74) is 9.47. The van der Waals surface area contributed by atoms with Crippen LogP contribution < -0.4 is 4.72 Å². The Balaban J connectivity index is 1.83. The lowest BCUT2D eigenvalue weighted by Crippen LogP contribution is -2.09. The van der Waals surface area contributed by atoms with Gasteiger partial charge in [-0.05, 0) is 76.9 Å². The van der Waals surface area contributed by atoms with Crippen LogP contribution >= 0.6 is 0 Å². The Kier molecular flexibility index (Phi) is 4.82. The molecule has 0 fully saturated rings. The number of hydrogen-bond acceptors (Lipinski definition) is 2. The predicted molar refractivity (Wildman–Crippen MR) is 117 cm³/mol. The Bertz CT molecular complexity index is 1160. The van der Waals surface area contributed by atoms with Gasteiger partial charge in [0.1, 0.15) is 0 Å². The zero-order valence-electron chi connectivity index (χ0n) is 16.1. The third-order valence-electron chi connectivity index (χ3n) is 5.18. The third kappa shape index (κ3) is 3.87. The Morgan fingerprint density at radius 2 is 1.57 bits per heavy atom. The van der Waals surface area contributed by atoms with Gasteiger partial charge < -0.3 is 0 Å². The number of aryl methyl sites for hydroxylation is 2. The molecule has 3 aromatic rings. The van der Waals surface area contributed by atoms with E-state index in [2.05, 4.69) is 60.2 Å². The lowest BCUT2D eigenvalue weighted by Gasteiger charge is -2.14. The largest absolute Gasteiger partial charge is 0.284 e. The average Bonchev–Trinajstić information content (AvgIpc) is 2.81. The van der Waals surface area contributed by atoms with E-state index in [1.54, 1.807) is 12.1 Å². The minimum Gasteiger partial charge on any atom is -0.284 e. The van der Waals surface area contributed by atoms with Crippen molar-refractivity contribution in [3.63, 3.8) is 0 Å². The zero-order valence-corrected chi connectivity index (χ0v) is 16.9. The van der Waals surface area contributed by atoms with E-state index >= 15 is 0 Å². The quantitative estimate of drug-likeness (QED) is 0.681. The molecule has 0 unspecified atom stereocenters. The van der Waals surface area contributed by atoms with Crippen LogP contribution in [0.5, 0.6) is 0 Å². The summed E-state index contributed by atoms with van der Waals surface area (Å²) in [4.78, 5) is 0. The molecular formula is C24H23NO2S. The molecule has 1 aliphatic rings. The van der Waals surface area contributed by atoms with Gasteiger partial charge in [0.2, 0.25) is 10.0 Å².